The minimum atomic E-state index is 1.03. The third kappa shape index (κ3) is 1.67. The summed E-state index contributed by atoms with van der Waals surface area (Å²) in [6, 6.07) is 6.41. The fourth-order valence-electron chi connectivity index (χ4n) is 2.52. The molecule has 1 aromatic carbocycles. The van der Waals surface area contributed by atoms with Gasteiger partial charge >= 0.3 is 4.96 Å². The summed E-state index contributed by atoms with van der Waals surface area (Å²) >= 11 is 5.27. The summed E-state index contributed by atoms with van der Waals surface area (Å²) in [6.45, 7) is 6.48. The number of aromatic nitrogens is 2. The van der Waals surface area contributed by atoms with Gasteiger partial charge in [-0.2, -0.15) is 4.40 Å². The van der Waals surface area contributed by atoms with Crippen molar-refractivity contribution in [3.05, 3.63) is 39.6 Å². The van der Waals surface area contributed by atoms with E-state index in [0.717, 1.165) is 21.5 Å². The Morgan fingerprint density at radius 1 is 1.33 bits per heavy atom. The third-order valence-electron chi connectivity index (χ3n) is 3.38. The van der Waals surface area contributed by atoms with E-state index >= 15 is 0 Å². The van der Waals surface area contributed by atoms with Gasteiger partial charge in [0.15, 0.2) is 11.2 Å². The van der Waals surface area contributed by atoms with Crippen molar-refractivity contribution in [3.63, 3.8) is 0 Å². The Hall–Kier alpha value is -1.00. The lowest BCUT2D eigenvalue weighted by molar-refractivity contribution is -0.489. The maximum atomic E-state index is 4.74. The molecule has 0 atom stereocenters. The number of nitrogens with zero attached hydrogens (tertiary/aromatic N) is 2. The fourth-order valence-corrected chi connectivity index (χ4v) is 4.19. The van der Waals surface area contributed by atoms with E-state index in [1.54, 1.807) is 11.3 Å². The number of benzene rings is 1. The highest BCUT2D eigenvalue weighted by atomic mass is 79.9. The molecule has 0 aliphatic rings. The molecule has 0 bridgehead atoms. The van der Waals surface area contributed by atoms with Gasteiger partial charge in [0.1, 0.15) is 5.69 Å². The zero-order chi connectivity index (χ0) is 12.9. The minimum absolute atomic E-state index is 1.03. The number of thiazole rings is 1. The van der Waals surface area contributed by atoms with Crippen LogP contribution in [0.1, 0.15) is 23.9 Å². The number of rotatable bonds is 1. The van der Waals surface area contributed by atoms with Crippen LogP contribution in [0.4, 0.5) is 0 Å². The summed E-state index contributed by atoms with van der Waals surface area (Å²) in [5.41, 5.74) is 5.07. The molecule has 2 nitrogen and oxygen atoms in total. The molecule has 18 heavy (non-hydrogen) atoms. The van der Waals surface area contributed by atoms with Crippen molar-refractivity contribution >= 4 is 42.4 Å². The van der Waals surface area contributed by atoms with Crippen LogP contribution in [0, 0.1) is 13.8 Å². The molecule has 0 N–H and O–H groups in total. The standard InChI is InChI=1S/C14H14BrN2S/c1-4-11-8(2)16-14-17(9(11)3)12-6-5-10(15)7-13(12)18-14/h5-7H,4H2,1-3H3/q+1. The monoisotopic (exact) mass is 321 g/mol. The van der Waals surface area contributed by atoms with E-state index in [9.17, 15) is 0 Å². The van der Waals surface area contributed by atoms with Crippen molar-refractivity contribution in [2.24, 2.45) is 0 Å². The van der Waals surface area contributed by atoms with E-state index in [4.69, 9.17) is 4.98 Å². The van der Waals surface area contributed by atoms with Crippen LogP contribution in [0.5, 0.6) is 0 Å². The van der Waals surface area contributed by atoms with Crippen LogP contribution in [-0.2, 0) is 6.42 Å². The Labute approximate surface area is 118 Å². The molecule has 0 aliphatic heterocycles. The van der Waals surface area contributed by atoms with Gasteiger partial charge in [0.25, 0.3) is 0 Å². The van der Waals surface area contributed by atoms with Crippen LogP contribution in [0.3, 0.4) is 0 Å². The summed E-state index contributed by atoms with van der Waals surface area (Å²) in [7, 11) is 0. The highest BCUT2D eigenvalue weighted by Crippen LogP contribution is 2.25. The van der Waals surface area contributed by atoms with Crippen molar-refractivity contribution in [2.45, 2.75) is 27.2 Å². The topological polar surface area (TPSA) is 17.0 Å². The first kappa shape index (κ1) is 12.1. The van der Waals surface area contributed by atoms with Gasteiger partial charge in [0.05, 0.1) is 4.70 Å². The molecule has 0 saturated carbocycles. The quantitative estimate of drug-likeness (QED) is 0.620. The lowest BCUT2D eigenvalue weighted by Crippen LogP contribution is -2.27. The van der Waals surface area contributed by atoms with E-state index in [1.165, 1.54) is 21.5 Å². The van der Waals surface area contributed by atoms with Gasteiger partial charge in [0, 0.05) is 17.0 Å². The predicted molar refractivity (Wildman–Crippen MR) is 79.3 cm³/mol. The molecule has 3 aromatic rings. The number of fused-ring (bicyclic) bond motifs is 3. The maximum absolute atomic E-state index is 4.74. The Kier molecular flexibility index (Phi) is 2.87. The van der Waals surface area contributed by atoms with Crippen LogP contribution >= 0.6 is 27.3 Å². The van der Waals surface area contributed by atoms with Crippen LogP contribution < -0.4 is 4.40 Å². The Bertz CT molecular complexity index is 761. The fraction of sp³-hybridized carbons (Fsp3) is 0.286. The molecule has 0 aliphatic carbocycles. The van der Waals surface area contributed by atoms with E-state index in [1.807, 2.05) is 0 Å². The van der Waals surface area contributed by atoms with Gasteiger partial charge < -0.3 is 0 Å². The second-order valence-corrected chi connectivity index (χ2v) is 6.37. The van der Waals surface area contributed by atoms with E-state index in [0.29, 0.717) is 0 Å². The van der Waals surface area contributed by atoms with Gasteiger partial charge in [-0.05, 0) is 47.9 Å². The van der Waals surface area contributed by atoms with Crippen LogP contribution in [-0.4, -0.2) is 4.98 Å². The molecule has 92 valence electrons. The molecule has 3 rings (SSSR count). The van der Waals surface area contributed by atoms with E-state index in [-0.39, 0.29) is 0 Å². The van der Waals surface area contributed by atoms with Crippen molar-refractivity contribution < 1.29 is 4.40 Å². The molecule has 0 unspecified atom stereocenters. The van der Waals surface area contributed by atoms with Gasteiger partial charge in [-0.25, -0.2) is 0 Å². The molecule has 0 fully saturated rings. The average molecular weight is 322 g/mol. The zero-order valence-corrected chi connectivity index (χ0v) is 13.0. The Morgan fingerprint density at radius 2 is 2.11 bits per heavy atom. The van der Waals surface area contributed by atoms with Crippen molar-refractivity contribution in [1.29, 1.82) is 0 Å². The van der Waals surface area contributed by atoms with Crippen molar-refractivity contribution in [1.82, 2.24) is 4.98 Å². The minimum Gasteiger partial charge on any atom is -0.183 e. The van der Waals surface area contributed by atoms with Gasteiger partial charge in [-0.1, -0.05) is 22.9 Å². The van der Waals surface area contributed by atoms with E-state index in [2.05, 4.69) is 59.3 Å². The highest BCUT2D eigenvalue weighted by molar-refractivity contribution is 9.10. The predicted octanol–water partition coefficient (Wildman–Crippen LogP) is 3.98. The molecular formula is C14H14BrN2S+. The summed E-state index contributed by atoms with van der Waals surface area (Å²) in [4.78, 5) is 5.82. The maximum Gasteiger partial charge on any atom is 0.388 e. The third-order valence-corrected chi connectivity index (χ3v) is 4.88. The largest absolute Gasteiger partial charge is 0.388 e. The smallest absolute Gasteiger partial charge is 0.183 e. The van der Waals surface area contributed by atoms with Crippen molar-refractivity contribution in [3.8, 4) is 0 Å². The summed E-state index contributed by atoms with van der Waals surface area (Å²) in [5, 5.41) is 0. The number of hydrogen-bond acceptors (Lipinski definition) is 2. The normalized spacial score (nSPS) is 11.6. The molecule has 0 amide bonds. The Balaban J connectivity index is 2.52. The van der Waals surface area contributed by atoms with Crippen LogP contribution in [0.2, 0.25) is 0 Å². The zero-order valence-electron chi connectivity index (χ0n) is 10.6. The first-order valence-corrected chi connectivity index (χ1v) is 7.62. The van der Waals surface area contributed by atoms with E-state index < -0.39 is 0 Å². The van der Waals surface area contributed by atoms with Gasteiger partial charge in [-0.3, -0.25) is 0 Å². The van der Waals surface area contributed by atoms with Gasteiger partial charge in [0.2, 0.25) is 0 Å². The molecule has 0 spiro atoms. The molecule has 0 radical (unpaired) electrons. The summed E-state index contributed by atoms with van der Waals surface area (Å²) in [6.07, 6.45) is 1.03. The molecular weight excluding hydrogens is 308 g/mol. The lowest BCUT2D eigenvalue weighted by Gasteiger charge is -2.01. The van der Waals surface area contributed by atoms with Crippen LogP contribution in [0.15, 0.2) is 22.7 Å². The number of aryl methyl sites for hydroxylation is 2. The second kappa shape index (κ2) is 4.28. The molecule has 2 heterocycles. The Morgan fingerprint density at radius 3 is 2.83 bits per heavy atom. The summed E-state index contributed by atoms with van der Waals surface area (Å²) in [5.74, 6) is 0. The van der Waals surface area contributed by atoms with Crippen LogP contribution in [0.25, 0.3) is 15.2 Å². The number of hydrogen-bond donors (Lipinski definition) is 0. The molecule has 4 heteroatoms. The summed E-state index contributed by atoms with van der Waals surface area (Å²) < 4.78 is 4.66. The average Bonchev–Trinajstić information content (AvgIpc) is 2.66. The van der Waals surface area contributed by atoms with Gasteiger partial charge in [-0.15, -0.1) is 0 Å². The highest BCUT2D eigenvalue weighted by Gasteiger charge is 2.20. The number of halogens is 1. The molecule has 2 aromatic heterocycles. The SMILES string of the molecule is CCc1c(C)nc2sc3cc(Br)ccc3[n+]2c1C. The lowest BCUT2D eigenvalue weighted by atomic mass is 10.1. The first-order valence-electron chi connectivity index (χ1n) is 6.01. The first-order chi connectivity index (χ1) is 8.61. The second-order valence-electron chi connectivity index (χ2n) is 4.45. The van der Waals surface area contributed by atoms with Crippen molar-refractivity contribution in [2.75, 3.05) is 0 Å². The molecule has 0 saturated heterocycles.